The fourth-order valence-corrected chi connectivity index (χ4v) is 1.78. The Hall–Kier alpha value is -2.50. The summed E-state index contributed by atoms with van der Waals surface area (Å²) in [7, 11) is 1.79. The second-order valence-electron chi connectivity index (χ2n) is 4.25. The van der Waals surface area contributed by atoms with Crippen LogP contribution in [0.4, 0.5) is 0 Å². The van der Waals surface area contributed by atoms with Crippen LogP contribution in [0.1, 0.15) is 12.5 Å². The minimum Gasteiger partial charge on any atom is -0.332 e. The van der Waals surface area contributed by atoms with Crippen molar-refractivity contribution in [3.63, 3.8) is 0 Å². The number of hydrogen-bond donors (Lipinski definition) is 0. The van der Waals surface area contributed by atoms with E-state index >= 15 is 0 Å². The van der Waals surface area contributed by atoms with E-state index in [1.807, 2.05) is 12.1 Å². The minimum atomic E-state index is 0.377. The van der Waals surface area contributed by atoms with E-state index in [1.165, 1.54) is 5.56 Å². The van der Waals surface area contributed by atoms with E-state index in [0.29, 0.717) is 17.4 Å². The molecule has 0 spiro atoms. The van der Waals surface area contributed by atoms with Crippen molar-refractivity contribution in [2.45, 2.75) is 13.3 Å². The fourth-order valence-electron chi connectivity index (χ4n) is 1.78. The minimum absolute atomic E-state index is 0.377. The predicted octanol–water partition coefficient (Wildman–Crippen LogP) is 2.09. The molecule has 2 heterocycles. The molecule has 0 saturated heterocycles. The zero-order valence-electron chi connectivity index (χ0n) is 10.7. The molecule has 0 amide bonds. The molecular formula is C13H13N5O. The van der Waals surface area contributed by atoms with Crippen molar-refractivity contribution in [1.82, 2.24) is 25.1 Å². The van der Waals surface area contributed by atoms with Gasteiger partial charge in [0.1, 0.15) is 0 Å². The van der Waals surface area contributed by atoms with Gasteiger partial charge in [0.25, 0.3) is 5.89 Å². The number of aromatic nitrogens is 5. The molecule has 6 nitrogen and oxygen atoms in total. The van der Waals surface area contributed by atoms with E-state index in [2.05, 4.69) is 39.5 Å². The maximum Gasteiger partial charge on any atom is 0.280 e. The molecule has 0 aliphatic heterocycles. The molecule has 19 heavy (non-hydrogen) atoms. The average Bonchev–Trinajstić information content (AvgIpc) is 3.07. The topological polar surface area (TPSA) is 69.6 Å². The Kier molecular flexibility index (Phi) is 2.83. The Bertz CT molecular complexity index is 683. The van der Waals surface area contributed by atoms with E-state index in [4.69, 9.17) is 4.52 Å². The van der Waals surface area contributed by atoms with Crippen LogP contribution < -0.4 is 0 Å². The lowest BCUT2D eigenvalue weighted by Gasteiger charge is -1.96. The molecule has 1 aromatic carbocycles. The van der Waals surface area contributed by atoms with Gasteiger partial charge in [-0.05, 0) is 12.0 Å². The Balaban J connectivity index is 1.91. The summed E-state index contributed by atoms with van der Waals surface area (Å²) >= 11 is 0. The molecular weight excluding hydrogens is 242 g/mol. The Labute approximate surface area is 110 Å². The summed E-state index contributed by atoms with van der Waals surface area (Å²) in [6, 6.07) is 8.11. The van der Waals surface area contributed by atoms with Gasteiger partial charge in [-0.1, -0.05) is 41.6 Å². The number of benzene rings is 1. The van der Waals surface area contributed by atoms with Crippen molar-refractivity contribution < 1.29 is 4.52 Å². The second-order valence-corrected chi connectivity index (χ2v) is 4.25. The maximum atomic E-state index is 5.20. The standard InChI is InChI=1S/C13H13N5O/c1-3-9-4-6-10(7-5-9)12-14-13(19-16-12)11-8-18(2)17-15-11/h4-8H,3H2,1-2H3. The molecule has 0 N–H and O–H groups in total. The van der Waals surface area contributed by atoms with Gasteiger partial charge in [0.2, 0.25) is 5.82 Å². The smallest absolute Gasteiger partial charge is 0.280 e. The van der Waals surface area contributed by atoms with E-state index in [-0.39, 0.29) is 0 Å². The largest absolute Gasteiger partial charge is 0.332 e. The molecule has 0 bridgehead atoms. The molecule has 3 aromatic rings. The van der Waals surface area contributed by atoms with Crippen LogP contribution in [0.3, 0.4) is 0 Å². The van der Waals surface area contributed by atoms with Crippen LogP contribution in [0, 0.1) is 0 Å². The van der Waals surface area contributed by atoms with Crippen LogP contribution in [0.25, 0.3) is 23.0 Å². The second kappa shape index (κ2) is 4.64. The van der Waals surface area contributed by atoms with Crippen molar-refractivity contribution in [1.29, 1.82) is 0 Å². The first-order valence-electron chi connectivity index (χ1n) is 6.06. The number of nitrogens with zero attached hydrogens (tertiary/aromatic N) is 5. The van der Waals surface area contributed by atoms with Crippen LogP contribution in [0.15, 0.2) is 35.0 Å². The highest BCUT2D eigenvalue weighted by molar-refractivity contribution is 5.57. The third-order valence-electron chi connectivity index (χ3n) is 2.87. The highest BCUT2D eigenvalue weighted by Crippen LogP contribution is 2.20. The van der Waals surface area contributed by atoms with E-state index in [9.17, 15) is 0 Å². The van der Waals surface area contributed by atoms with Crippen molar-refractivity contribution in [3.05, 3.63) is 36.0 Å². The number of rotatable bonds is 3. The van der Waals surface area contributed by atoms with E-state index in [1.54, 1.807) is 17.9 Å². The summed E-state index contributed by atoms with van der Waals surface area (Å²) in [6.07, 6.45) is 2.74. The highest BCUT2D eigenvalue weighted by atomic mass is 16.5. The van der Waals surface area contributed by atoms with Gasteiger partial charge >= 0.3 is 0 Å². The molecule has 0 aliphatic carbocycles. The summed E-state index contributed by atoms with van der Waals surface area (Å²) in [5.74, 6) is 0.936. The Morgan fingerprint density at radius 3 is 2.63 bits per heavy atom. The van der Waals surface area contributed by atoms with Crippen LogP contribution in [-0.2, 0) is 13.5 Å². The Morgan fingerprint density at radius 1 is 1.21 bits per heavy atom. The van der Waals surface area contributed by atoms with E-state index in [0.717, 1.165) is 12.0 Å². The zero-order chi connectivity index (χ0) is 13.2. The first-order valence-corrected chi connectivity index (χ1v) is 6.06. The van der Waals surface area contributed by atoms with Crippen molar-refractivity contribution in [3.8, 4) is 23.0 Å². The Morgan fingerprint density at radius 2 is 2.00 bits per heavy atom. The molecule has 0 aliphatic rings. The van der Waals surface area contributed by atoms with Gasteiger partial charge in [-0.2, -0.15) is 4.98 Å². The van der Waals surface area contributed by atoms with Gasteiger partial charge < -0.3 is 4.52 Å². The van der Waals surface area contributed by atoms with Crippen LogP contribution >= 0.6 is 0 Å². The SMILES string of the molecule is CCc1ccc(-c2noc(-c3cn(C)nn3)n2)cc1. The lowest BCUT2D eigenvalue weighted by atomic mass is 10.1. The lowest BCUT2D eigenvalue weighted by molar-refractivity contribution is 0.431. The average molecular weight is 255 g/mol. The monoisotopic (exact) mass is 255 g/mol. The van der Waals surface area contributed by atoms with Gasteiger partial charge in [0.15, 0.2) is 5.69 Å². The zero-order valence-corrected chi connectivity index (χ0v) is 10.7. The van der Waals surface area contributed by atoms with Crippen LogP contribution in [-0.4, -0.2) is 25.1 Å². The first-order chi connectivity index (χ1) is 9.26. The molecule has 2 aromatic heterocycles. The van der Waals surface area contributed by atoms with Crippen LogP contribution in [0.5, 0.6) is 0 Å². The third kappa shape index (κ3) is 2.24. The molecule has 96 valence electrons. The lowest BCUT2D eigenvalue weighted by Crippen LogP contribution is -1.85. The predicted molar refractivity (Wildman–Crippen MR) is 69.1 cm³/mol. The highest BCUT2D eigenvalue weighted by Gasteiger charge is 2.13. The van der Waals surface area contributed by atoms with Crippen molar-refractivity contribution >= 4 is 0 Å². The third-order valence-corrected chi connectivity index (χ3v) is 2.87. The van der Waals surface area contributed by atoms with Gasteiger partial charge in [-0.15, -0.1) is 5.10 Å². The van der Waals surface area contributed by atoms with Gasteiger partial charge in [0.05, 0.1) is 6.20 Å². The summed E-state index contributed by atoms with van der Waals surface area (Å²) in [5, 5.41) is 11.7. The number of aryl methyl sites for hydroxylation is 2. The fraction of sp³-hybridized carbons (Fsp3) is 0.231. The van der Waals surface area contributed by atoms with Crippen molar-refractivity contribution in [2.75, 3.05) is 0 Å². The van der Waals surface area contributed by atoms with Gasteiger partial charge in [-0.3, -0.25) is 4.68 Å². The van der Waals surface area contributed by atoms with E-state index < -0.39 is 0 Å². The molecule has 6 heteroatoms. The van der Waals surface area contributed by atoms with Gasteiger partial charge in [0, 0.05) is 12.6 Å². The maximum absolute atomic E-state index is 5.20. The van der Waals surface area contributed by atoms with Crippen LogP contribution in [0.2, 0.25) is 0 Å². The summed E-state index contributed by atoms with van der Waals surface area (Å²) in [5.41, 5.74) is 2.78. The van der Waals surface area contributed by atoms with Crippen molar-refractivity contribution in [2.24, 2.45) is 7.05 Å². The molecule has 0 unspecified atom stereocenters. The first kappa shape index (κ1) is 11.6. The quantitative estimate of drug-likeness (QED) is 0.716. The summed E-state index contributed by atoms with van der Waals surface area (Å²) < 4.78 is 6.79. The molecule has 0 radical (unpaired) electrons. The molecule has 0 saturated carbocycles. The molecule has 3 rings (SSSR count). The van der Waals surface area contributed by atoms with Gasteiger partial charge in [-0.25, -0.2) is 0 Å². The molecule has 0 atom stereocenters. The number of hydrogen-bond acceptors (Lipinski definition) is 5. The normalized spacial score (nSPS) is 10.8. The summed E-state index contributed by atoms with van der Waals surface area (Å²) in [4.78, 5) is 4.33. The molecule has 0 fully saturated rings. The summed E-state index contributed by atoms with van der Waals surface area (Å²) in [6.45, 7) is 2.12.